The maximum absolute atomic E-state index is 10.9. The molecule has 0 saturated carbocycles. The van der Waals surface area contributed by atoms with Crippen LogP contribution in [0.3, 0.4) is 0 Å². The molecule has 9 nitrogen and oxygen atoms in total. The molecule has 25 heavy (non-hydrogen) atoms. The Hall–Kier alpha value is -1.85. The lowest BCUT2D eigenvalue weighted by molar-refractivity contribution is -0.190. The van der Waals surface area contributed by atoms with E-state index in [0.29, 0.717) is 10.2 Å². The summed E-state index contributed by atoms with van der Waals surface area (Å²) in [5.41, 5.74) is 1.36. The quantitative estimate of drug-likeness (QED) is 0.749. The van der Waals surface area contributed by atoms with Gasteiger partial charge >= 0.3 is 6.09 Å². The largest absolute Gasteiger partial charge is 0.465 e. The first-order valence-corrected chi connectivity index (χ1v) is 8.61. The van der Waals surface area contributed by atoms with Gasteiger partial charge in [-0.15, -0.1) is 11.3 Å². The summed E-state index contributed by atoms with van der Waals surface area (Å²) in [6, 6.07) is 0. The minimum Gasteiger partial charge on any atom is -0.465 e. The molecular weight excluding hydrogens is 350 g/mol. The number of rotatable bonds is 3. The third-order valence-electron chi connectivity index (χ3n) is 4.24. The lowest BCUT2D eigenvalue weighted by atomic mass is 10.0. The summed E-state index contributed by atoms with van der Waals surface area (Å²) in [6.07, 6.45) is -1.61. The van der Waals surface area contributed by atoms with Crippen LogP contribution in [0.25, 0.3) is 10.2 Å². The Kier molecular flexibility index (Phi) is 3.89. The second-order valence-corrected chi connectivity index (χ2v) is 7.24. The molecule has 2 aromatic heterocycles. The molecule has 4 atom stereocenters. The standard InChI is InChI=1S/C15H17N3O6S/c1-15(2)23-10-7(3-19)22-9(11(10)24-15)6-4-25-12-8(6)16-5-17-13(12)18-14(20)21/h4-5,7,9-11,19H,3H2,1-2H3,(H,20,21)(H,16,17,18)/t7-,9+,10-,11+/m1/s1. The summed E-state index contributed by atoms with van der Waals surface area (Å²) in [5.74, 6) is -0.535. The van der Waals surface area contributed by atoms with E-state index in [9.17, 15) is 9.90 Å². The minimum absolute atomic E-state index is 0.181. The van der Waals surface area contributed by atoms with Gasteiger partial charge in [0.1, 0.15) is 30.7 Å². The summed E-state index contributed by atoms with van der Waals surface area (Å²) in [6.45, 7) is 3.46. The van der Waals surface area contributed by atoms with Crippen molar-refractivity contribution in [3.05, 3.63) is 17.3 Å². The normalized spacial score (nSPS) is 30.5. The van der Waals surface area contributed by atoms with Crippen LogP contribution in [-0.2, 0) is 14.2 Å². The Morgan fingerprint density at radius 1 is 1.36 bits per heavy atom. The van der Waals surface area contributed by atoms with Gasteiger partial charge in [0.25, 0.3) is 0 Å². The van der Waals surface area contributed by atoms with E-state index in [-0.39, 0.29) is 24.6 Å². The topological polar surface area (TPSA) is 123 Å². The van der Waals surface area contributed by atoms with Gasteiger partial charge in [-0.25, -0.2) is 14.8 Å². The van der Waals surface area contributed by atoms with Gasteiger partial charge < -0.3 is 24.4 Å². The highest BCUT2D eigenvalue weighted by Crippen LogP contribution is 2.47. The highest BCUT2D eigenvalue weighted by molar-refractivity contribution is 7.18. The molecule has 3 N–H and O–H groups in total. The molecule has 2 aliphatic heterocycles. The third-order valence-corrected chi connectivity index (χ3v) is 5.24. The Morgan fingerprint density at radius 3 is 2.84 bits per heavy atom. The molecule has 2 aliphatic rings. The van der Waals surface area contributed by atoms with E-state index in [2.05, 4.69) is 15.3 Å². The Balaban J connectivity index is 1.73. The van der Waals surface area contributed by atoms with Crippen molar-refractivity contribution >= 4 is 33.5 Å². The number of amides is 1. The molecule has 0 spiro atoms. The fourth-order valence-corrected chi connectivity index (χ4v) is 4.33. The molecule has 134 valence electrons. The summed E-state index contributed by atoms with van der Waals surface area (Å²) < 4.78 is 18.4. The summed E-state index contributed by atoms with van der Waals surface area (Å²) in [7, 11) is 0. The summed E-state index contributed by atoms with van der Waals surface area (Å²) in [4.78, 5) is 19.2. The molecule has 10 heteroatoms. The molecule has 0 radical (unpaired) electrons. The predicted molar refractivity (Wildman–Crippen MR) is 87.6 cm³/mol. The van der Waals surface area contributed by atoms with Crippen molar-refractivity contribution in [3.63, 3.8) is 0 Å². The molecule has 0 bridgehead atoms. The number of aliphatic hydroxyl groups excluding tert-OH is 1. The number of carbonyl (C=O) groups is 1. The zero-order valence-corrected chi connectivity index (χ0v) is 14.3. The second-order valence-electron chi connectivity index (χ2n) is 6.36. The number of ether oxygens (including phenoxy) is 3. The van der Waals surface area contributed by atoms with E-state index in [4.69, 9.17) is 19.3 Å². The van der Waals surface area contributed by atoms with Gasteiger partial charge in [0.05, 0.1) is 16.8 Å². The van der Waals surface area contributed by atoms with Gasteiger partial charge in [-0.2, -0.15) is 0 Å². The fraction of sp³-hybridized carbons (Fsp3) is 0.533. The summed E-state index contributed by atoms with van der Waals surface area (Å²) >= 11 is 1.32. The first-order chi connectivity index (χ1) is 11.9. The van der Waals surface area contributed by atoms with Gasteiger partial charge in [-0.1, -0.05) is 0 Å². The highest BCUT2D eigenvalue weighted by atomic mass is 32.1. The van der Waals surface area contributed by atoms with Crippen molar-refractivity contribution in [1.29, 1.82) is 0 Å². The van der Waals surface area contributed by atoms with Gasteiger partial charge in [0, 0.05) is 5.56 Å². The molecule has 0 aliphatic carbocycles. The average Bonchev–Trinajstić information content (AvgIpc) is 3.17. The number of thiophene rings is 1. The summed E-state index contributed by atoms with van der Waals surface area (Å²) in [5, 5.41) is 22.7. The fourth-order valence-electron chi connectivity index (χ4n) is 3.34. The van der Waals surface area contributed by atoms with E-state index >= 15 is 0 Å². The highest BCUT2D eigenvalue weighted by Gasteiger charge is 2.55. The molecule has 1 amide bonds. The molecular formula is C15H17N3O6S. The van der Waals surface area contributed by atoms with E-state index in [0.717, 1.165) is 5.56 Å². The Labute approximate surface area is 146 Å². The van der Waals surface area contributed by atoms with Crippen LogP contribution in [0, 0.1) is 0 Å². The zero-order valence-electron chi connectivity index (χ0n) is 13.5. The average molecular weight is 367 g/mol. The Morgan fingerprint density at radius 2 is 2.12 bits per heavy atom. The van der Waals surface area contributed by atoms with Crippen LogP contribution in [0.15, 0.2) is 11.7 Å². The minimum atomic E-state index is -1.19. The number of fused-ring (bicyclic) bond motifs is 2. The molecule has 0 unspecified atom stereocenters. The number of nitrogens with one attached hydrogen (secondary N) is 1. The van der Waals surface area contributed by atoms with Gasteiger partial charge in [0.15, 0.2) is 11.6 Å². The maximum Gasteiger partial charge on any atom is 0.410 e. The van der Waals surface area contributed by atoms with Crippen LogP contribution < -0.4 is 5.32 Å². The van der Waals surface area contributed by atoms with Crippen LogP contribution >= 0.6 is 11.3 Å². The van der Waals surface area contributed by atoms with Gasteiger partial charge in [0.2, 0.25) is 0 Å². The molecule has 4 rings (SSSR count). The van der Waals surface area contributed by atoms with Crippen LogP contribution in [0.4, 0.5) is 10.6 Å². The molecule has 2 aromatic rings. The first-order valence-electron chi connectivity index (χ1n) is 7.73. The number of aromatic nitrogens is 2. The lowest BCUT2D eigenvalue weighted by Gasteiger charge is -2.23. The first kappa shape index (κ1) is 16.6. The zero-order chi connectivity index (χ0) is 17.8. The SMILES string of the molecule is CC1(C)O[C@@H]2[C@H](O1)[C@@H](CO)O[C@H]2c1csc2c(NC(=O)O)ncnc12. The molecule has 4 heterocycles. The number of hydrogen-bond acceptors (Lipinski definition) is 8. The van der Waals surface area contributed by atoms with Crippen molar-refractivity contribution in [2.75, 3.05) is 11.9 Å². The molecule has 0 aromatic carbocycles. The Bertz CT molecular complexity index is 825. The molecule has 2 fully saturated rings. The number of nitrogens with zero attached hydrogens (tertiary/aromatic N) is 2. The van der Waals surface area contributed by atoms with E-state index < -0.39 is 24.1 Å². The molecule has 2 saturated heterocycles. The van der Waals surface area contributed by atoms with Crippen molar-refractivity contribution < 1.29 is 29.2 Å². The van der Waals surface area contributed by atoms with Crippen LogP contribution in [-0.4, -0.2) is 57.0 Å². The monoisotopic (exact) mass is 367 g/mol. The van der Waals surface area contributed by atoms with Crippen molar-refractivity contribution in [2.24, 2.45) is 0 Å². The lowest BCUT2D eigenvalue weighted by Crippen LogP contribution is -2.31. The van der Waals surface area contributed by atoms with Crippen molar-refractivity contribution in [3.8, 4) is 0 Å². The maximum atomic E-state index is 10.9. The van der Waals surface area contributed by atoms with E-state index in [1.165, 1.54) is 17.7 Å². The van der Waals surface area contributed by atoms with Crippen LogP contribution in [0.2, 0.25) is 0 Å². The third kappa shape index (κ3) is 2.75. The van der Waals surface area contributed by atoms with Crippen LogP contribution in [0.1, 0.15) is 25.5 Å². The smallest absolute Gasteiger partial charge is 0.410 e. The van der Waals surface area contributed by atoms with Crippen molar-refractivity contribution in [2.45, 2.75) is 44.1 Å². The predicted octanol–water partition coefficient (Wildman–Crippen LogP) is 1.73. The number of anilines is 1. The van der Waals surface area contributed by atoms with E-state index in [1.807, 2.05) is 19.2 Å². The number of hydrogen-bond donors (Lipinski definition) is 3. The van der Waals surface area contributed by atoms with Crippen molar-refractivity contribution in [1.82, 2.24) is 9.97 Å². The number of aliphatic hydroxyl groups is 1. The van der Waals surface area contributed by atoms with Gasteiger partial charge in [-0.3, -0.25) is 5.32 Å². The number of carboxylic acid groups (broad SMARTS) is 1. The second kappa shape index (κ2) is 5.85. The van der Waals surface area contributed by atoms with Gasteiger partial charge in [-0.05, 0) is 19.2 Å². The van der Waals surface area contributed by atoms with E-state index in [1.54, 1.807) is 0 Å². The van der Waals surface area contributed by atoms with Crippen LogP contribution in [0.5, 0.6) is 0 Å².